The third-order valence-electron chi connectivity index (χ3n) is 6.36. The highest BCUT2D eigenvalue weighted by atomic mass is 16.5. The molecule has 1 fully saturated rings. The van der Waals surface area contributed by atoms with Crippen LogP contribution in [-0.2, 0) is 14.3 Å². The molecule has 2 amide bonds. The summed E-state index contributed by atoms with van der Waals surface area (Å²) in [6, 6.07) is 15.1. The van der Waals surface area contributed by atoms with Crippen LogP contribution in [0.5, 0.6) is 0 Å². The zero-order chi connectivity index (χ0) is 23.4. The molecule has 172 valence electrons. The number of hydrogen-bond acceptors (Lipinski definition) is 4. The number of hydrogen-bond donors (Lipinski definition) is 2. The van der Waals surface area contributed by atoms with Crippen molar-refractivity contribution in [3.05, 3.63) is 71.8 Å². The second-order valence-electron chi connectivity index (χ2n) is 8.53. The van der Waals surface area contributed by atoms with Crippen molar-refractivity contribution in [2.45, 2.75) is 37.6 Å². The fourth-order valence-electron chi connectivity index (χ4n) is 4.57. The van der Waals surface area contributed by atoms with Crippen LogP contribution in [0, 0.1) is 0 Å². The van der Waals surface area contributed by atoms with E-state index in [4.69, 9.17) is 9.84 Å². The standard InChI is InChI=1S/C26H28N2O5/c1-17-12-14-28(15-13-17)25(31)23(10-11-24(29)30)27-26(32)33-16-22-20-8-4-2-6-18(20)19-7-3-5-9-21(19)22/h2-9,22-23H,1,10-16H2,(H,27,32)(H,29,30). The van der Waals surface area contributed by atoms with Crippen LogP contribution >= 0.6 is 0 Å². The molecule has 1 atom stereocenters. The summed E-state index contributed by atoms with van der Waals surface area (Å²) in [5.41, 5.74) is 5.54. The Morgan fingerprint density at radius 1 is 1.03 bits per heavy atom. The van der Waals surface area contributed by atoms with Crippen molar-refractivity contribution >= 4 is 18.0 Å². The minimum atomic E-state index is -1.02. The molecule has 1 aliphatic carbocycles. The molecule has 4 rings (SSSR count). The third kappa shape index (κ3) is 5.08. The van der Waals surface area contributed by atoms with E-state index < -0.39 is 18.1 Å². The van der Waals surface area contributed by atoms with E-state index in [1.165, 1.54) is 0 Å². The molecule has 0 bridgehead atoms. The monoisotopic (exact) mass is 448 g/mol. The molecular weight excluding hydrogens is 420 g/mol. The minimum absolute atomic E-state index is 0.00973. The zero-order valence-electron chi connectivity index (χ0n) is 18.5. The highest BCUT2D eigenvalue weighted by Crippen LogP contribution is 2.44. The number of carboxylic acid groups (broad SMARTS) is 1. The van der Waals surface area contributed by atoms with Crippen molar-refractivity contribution in [1.82, 2.24) is 10.2 Å². The number of nitrogens with zero attached hydrogens (tertiary/aromatic N) is 1. The second-order valence-corrected chi connectivity index (χ2v) is 8.53. The molecule has 1 heterocycles. The van der Waals surface area contributed by atoms with E-state index in [-0.39, 0.29) is 31.3 Å². The Bertz CT molecular complexity index is 1020. The number of nitrogens with one attached hydrogen (secondary N) is 1. The van der Waals surface area contributed by atoms with Gasteiger partial charge in [-0.25, -0.2) is 4.79 Å². The number of piperidine rings is 1. The lowest BCUT2D eigenvalue weighted by molar-refractivity contribution is -0.138. The van der Waals surface area contributed by atoms with Crippen molar-refractivity contribution in [1.29, 1.82) is 0 Å². The quantitative estimate of drug-likeness (QED) is 0.626. The molecule has 2 N–H and O–H groups in total. The lowest BCUT2D eigenvalue weighted by Gasteiger charge is -2.31. The van der Waals surface area contributed by atoms with Gasteiger partial charge in [-0.05, 0) is 41.5 Å². The van der Waals surface area contributed by atoms with E-state index >= 15 is 0 Å². The van der Waals surface area contributed by atoms with Gasteiger partial charge in [0.1, 0.15) is 12.6 Å². The van der Waals surface area contributed by atoms with Crippen molar-refractivity contribution in [3.63, 3.8) is 0 Å². The largest absolute Gasteiger partial charge is 0.481 e. The molecule has 2 aliphatic rings. The van der Waals surface area contributed by atoms with E-state index in [0.717, 1.165) is 27.8 Å². The Morgan fingerprint density at radius 3 is 2.18 bits per heavy atom. The Morgan fingerprint density at radius 2 is 1.61 bits per heavy atom. The van der Waals surface area contributed by atoms with Gasteiger partial charge in [-0.1, -0.05) is 60.7 Å². The number of aliphatic carboxylic acids is 1. The predicted octanol–water partition coefficient (Wildman–Crippen LogP) is 3.94. The zero-order valence-corrected chi connectivity index (χ0v) is 18.5. The molecule has 1 unspecified atom stereocenters. The van der Waals surface area contributed by atoms with E-state index in [1.54, 1.807) is 4.90 Å². The molecule has 2 aromatic rings. The van der Waals surface area contributed by atoms with E-state index in [1.807, 2.05) is 36.4 Å². The molecule has 7 heteroatoms. The topological polar surface area (TPSA) is 95.9 Å². The summed E-state index contributed by atoms with van der Waals surface area (Å²) in [5.74, 6) is -1.39. The second kappa shape index (κ2) is 9.90. The van der Waals surface area contributed by atoms with Crippen LogP contribution < -0.4 is 5.32 Å². The highest BCUT2D eigenvalue weighted by Gasteiger charge is 2.31. The van der Waals surface area contributed by atoms with Crippen molar-refractivity contribution < 1.29 is 24.2 Å². The van der Waals surface area contributed by atoms with Crippen LogP contribution in [0.3, 0.4) is 0 Å². The van der Waals surface area contributed by atoms with Crippen LogP contribution in [0.1, 0.15) is 42.7 Å². The lowest BCUT2D eigenvalue weighted by Crippen LogP contribution is -2.50. The van der Waals surface area contributed by atoms with Crippen LogP contribution in [0.4, 0.5) is 4.79 Å². The van der Waals surface area contributed by atoms with Crippen molar-refractivity contribution in [2.75, 3.05) is 19.7 Å². The molecule has 1 aliphatic heterocycles. The van der Waals surface area contributed by atoms with Gasteiger partial charge in [-0.3, -0.25) is 9.59 Å². The summed E-state index contributed by atoms with van der Waals surface area (Å²) in [4.78, 5) is 38.4. The summed E-state index contributed by atoms with van der Waals surface area (Å²) in [5, 5.41) is 11.7. The Kier molecular flexibility index (Phi) is 6.77. The van der Waals surface area contributed by atoms with Gasteiger partial charge in [-0.15, -0.1) is 0 Å². The number of carbonyl (C=O) groups is 3. The summed E-state index contributed by atoms with van der Waals surface area (Å²) in [7, 11) is 0. The Hall–Kier alpha value is -3.61. The summed E-state index contributed by atoms with van der Waals surface area (Å²) in [6.07, 6.45) is 0.489. The molecular formula is C26H28N2O5. The summed E-state index contributed by atoms with van der Waals surface area (Å²) >= 11 is 0. The molecule has 0 spiro atoms. The number of carboxylic acids is 1. The van der Waals surface area contributed by atoms with Gasteiger partial charge in [0.05, 0.1) is 0 Å². The average Bonchev–Trinajstić information content (AvgIpc) is 3.14. The number of alkyl carbamates (subject to hydrolysis) is 1. The van der Waals surface area contributed by atoms with Gasteiger partial charge in [0.25, 0.3) is 0 Å². The smallest absolute Gasteiger partial charge is 0.407 e. The first-order chi connectivity index (χ1) is 15.9. The first kappa shape index (κ1) is 22.6. The SMILES string of the molecule is C=C1CCN(C(=O)C(CCC(=O)O)NC(=O)OCC2c3ccccc3-c3ccccc32)CC1. The molecule has 0 aromatic heterocycles. The van der Waals surface area contributed by atoms with Crippen molar-refractivity contribution in [2.24, 2.45) is 0 Å². The number of likely N-dealkylation sites (tertiary alicyclic amines) is 1. The van der Waals surface area contributed by atoms with Crippen molar-refractivity contribution in [3.8, 4) is 11.1 Å². The fraction of sp³-hybridized carbons (Fsp3) is 0.346. The predicted molar refractivity (Wildman–Crippen MR) is 124 cm³/mol. The van der Waals surface area contributed by atoms with Crippen LogP contribution in [-0.4, -0.2) is 53.7 Å². The van der Waals surface area contributed by atoms with Gasteiger partial charge in [0.15, 0.2) is 0 Å². The number of rotatable bonds is 7. The number of carbonyl (C=O) groups excluding carboxylic acids is 2. The lowest BCUT2D eigenvalue weighted by atomic mass is 9.98. The average molecular weight is 449 g/mol. The molecule has 2 aromatic carbocycles. The summed E-state index contributed by atoms with van der Waals surface area (Å²) < 4.78 is 5.55. The van der Waals surface area contributed by atoms with Gasteiger partial charge in [-0.2, -0.15) is 0 Å². The molecule has 0 saturated carbocycles. The molecule has 7 nitrogen and oxygen atoms in total. The number of fused-ring (bicyclic) bond motifs is 3. The normalized spacial score (nSPS) is 16.0. The summed E-state index contributed by atoms with van der Waals surface area (Å²) in [6.45, 7) is 5.12. The highest BCUT2D eigenvalue weighted by molar-refractivity contribution is 5.86. The van der Waals surface area contributed by atoms with E-state index in [9.17, 15) is 14.4 Å². The first-order valence-corrected chi connectivity index (χ1v) is 11.2. The van der Waals surface area contributed by atoms with Gasteiger partial charge in [0, 0.05) is 25.4 Å². The van der Waals surface area contributed by atoms with Crippen LogP contribution in [0.15, 0.2) is 60.7 Å². The Balaban J connectivity index is 1.42. The Labute approximate surface area is 193 Å². The molecule has 1 saturated heterocycles. The maximum atomic E-state index is 13.0. The van der Waals surface area contributed by atoms with Crippen LogP contribution in [0.2, 0.25) is 0 Å². The minimum Gasteiger partial charge on any atom is -0.481 e. The fourth-order valence-corrected chi connectivity index (χ4v) is 4.57. The molecule has 33 heavy (non-hydrogen) atoms. The van der Waals surface area contributed by atoms with Gasteiger partial charge >= 0.3 is 12.1 Å². The number of ether oxygens (including phenoxy) is 1. The van der Waals surface area contributed by atoms with E-state index in [2.05, 4.69) is 24.0 Å². The first-order valence-electron chi connectivity index (χ1n) is 11.2. The van der Waals surface area contributed by atoms with Gasteiger partial charge in [0.2, 0.25) is 5.91 Å². The maximum Gasteiger partial charge on any atom is 0.407 e. The maximum absolute atomic E-state index is 13.0. The molecule has 0 radical (unpaired) electrons. The van der Waals surface area contributed by atoms with Crippen LogP contribution in [0.25, 0.3) is 11.1 Å². The van der Waals surface area contributed by atoms with Gasteiger partial charge < -0.3 is 20.1 Å². The third-order valence-corrected chi connectivity index (χ3v) is 6.36. The number of benzene rings is 2. The van der Waals surface area contributed by atoms with E-state index in [0.29, 0.717) is 25.9 Å². The number of amides is 2.